The van der Waals surface area contributed by atoms with Crippen molar-refractivity contribution in [2.24, 2.45) is 0 Å². The van der Waals surface area contributed by atoms with Crippen LogP contribution in [0.1, 0.15) is 12.0 Å². The van der Waals surface area contributed by atoms with Gasteiger partial charge in [0.15, 0.2) is 11.5 Å². The van der Waals surface area contributed by atoms with Gasteiger partial charge in [0.2, 0.25) is 6.79 Å². The van der Waals surface area contributed by atoms with E-state index in [-0.39, 0.29) is 18.8 Å². The van der Waals surface area contributed by atoms with E-state index in [1.54, 1.807) is 24.3 Å². The molecule has 0 fully saturated rings. The molecule has 0 aromatic heterocycles. The lowest BCUT2D eigenvalue weighted by atomic mass is 10.1. The smallest absolute Gasteiger partial charge is 0.334 e. The van der Waals surface area contributed by atoms with E-state index in [0.29, 0.717) is 17.1 Å². The number of carbonyl (C=O) groups is 2. The number of carbonyl (C=O) groups excluding carboxylic acids is 2. The van der Waals surface area contributed by atoms with Gasteiger partial charge < -0.3 is 18.9 Å². The summed E-state index contributed by atoms with van der Waals surface area (Å²) in [6.07, 6.45) is 1.41. The first kappa shape index (κ1) is 13.9. The van der Waals surface area contributed by atoms with E-state index in [2.05, 4.69) is 9.47 Å². The monoisotopic (exact) mass is 278 g/mol. The number of benzene rings is 1. The molecule has 20 heavy (non-hydrogen) atoms. The number of esters is 2. The molecule has 0 spiro atoms. The summed E-state index contributed by atoms with van der Waals surface area (Å²) < 4.78 is 19.7. The van der Waals surface area contributed by atoms with E-state index in [0.717, 1.165) is 0 Å². The number of methoxy groups -OCH3 is 2. The Kier molecular flexibility index (Phi) is 4.24. The van der Waals surface area contributed by atoms with Gasteiger partial charge in [0.25, 0.3) is 0 Å². The molecule has 1 heterocycles. The van der Waals surface area contributed by atoms with Crippen LogP contribution in [-0.4, -0.2) is 33.0 Å². The molecule has 0 N–H and O–H groups in total. The minimum Gasteiger partial charge on any atom is -0.469 e. The molecule has 6 heteroatoms. The van der Waals surface area contributed by atoms with Crippen molar-refractivity contribution in [1.29, 1.82) is 0 Å². The lowest BCUT2D eigenvalue weighted by Crippen LogP contribution is -2.10. The standard InChI is InChI=1S/C14H14O6/c1-17-13(15)7-10(14(16)18-2)5-9-3-4-11-12(6-9)20-8-19-11/h3-6H,7-8H2,1-2H3/b10-5-. The summed E-state index contributed by atoms with van der Waals surface area (Å²) in [5.74, 6) is 0.159. The highest BCUT2D eigenvalue weighted by atomic mass is 16.7. The molecule has 0 saturated heterocycles. The van der Waals surface area contributed by atoms with Gasteiger partial charge in [-0.1, -0.05) is 6.07 Å². The zero-order chi connectivity index (χ0) is 14.5. The van der Waals surface area contributed by atoms with Gasteiger partial charge >= 0.3 is 11.9 Å². The van der Waals surface area contributed by atoms with E-state index < -0.39 is 11.9 Å². The van der Waals surface area contributed by atoms with Crippen molar-refractivity contribution >= 4 is 18.0 Å². The average molecular weight is 278 g/mol. The zero-order valence-corrected chi connectivity index (χ0v) is 11.2. The number of rotatable bonds is 4. The zero-order valence-electron chi connectivity index (χ0n) is 11.2. The van der Waals surface area contributed by atoms with E-state index in [1.165, 1.54) is 14.2 Å². The number of ether oxygens (including phenoxy) is 4. The van der Waals surface area contributed by atoms with Crippen LogP contribution in [0.2, 0.25) is 0 Å². The lowest BCUT2D eigenvalue weighted by Gasteiger charge is -2.05. The van der Waals surface area contributed by atoms with Gasteiger partial charge in [-0.2, -0.15) is 0 Å². The first-order valence-electron chi connectivity index (χ1n) is 5.89. The van der Waals surface area contributed by atoms with Gasteiger partial charge in [-0.3, -0.25) is 4.79 Å². The van der Waals surface area contributed by atoms with Crippen LogP contribution in [0, 0.1) is 0 Å². The number of hydrogen-bond donors (Lipinski definition) is 0. The topological polar surface area (TPSA) is 71.1 Å². The molecule has 0 amide bonds. The highest BCUT2D eigenvalue weighted by molar-refractivity contribution is 5.98. The molecule has 1 aliphatic rings. The highest BCUT2D eigenvalue weighted by Crippen LogP contribution is 2.33. The third-order valence-electron chi connectivity index (χ3n) is 2.75. The summed E-state index contributed by atoms with van der Waals surface area (Å²) in [4.78, 5) is 23.0. The molecular weight excluding hydrogens is 264 g/mol. The van der Waals surface area contributed by atoms with Gasteiger partial charge in [0, 0.05) is 5.57 Å². The van der Waals surface area contributed by atoms with Crippen molar-refractivity contribution in [2.45, 2.75) is 6.42 Å². The molecule has 1 aliphatic heterocycles. The molecule has 0 unspecified atom stereocenters. The predicted octanol–water partition coefficient (Wildman–Crippen LogP) is 1.53. The van der Waals surface area contributed by atoms with Crippen LogP contribution >= 0.6 is 0 Å². The summed E-state index contributed by atoms with van der Waals surface area (Å²) in [5, 5.41) is 0. The fraction of sp³-hybridized carbons (Fsp3) is 0.286. The Labute approximate surface area is 115 Å². The van der Waals surface area contributed by atoms with Gasteiger partial charge in [-0.15, -0.1) is 0 Å². The summed E-state index contributed by atoms with van der Waals surface area (Å²) in [6.45, 7) is 0.175. The molecule has 0 atom stereocenters. The van der Waals surface area contributed by atoms with Crippen molar-refractivity contribution in [3.05, 3.63) is 29.3 Å². The van der Waals surface area contributed by atoms with Gasteiger partial charge in [0.1, 0.15) is 0 Å². The first-order valence-corrected chi connectivity index (χ1v) is 5.89. The molecule has 0 bridgehead atoms. The normalized spacial score (nSPS) is 13.0. The molecule has 106 valence electrons. The van der Waals surface area contributed by atoms with Crippen LogP contribution in [0.15, 0.2) is 23.8 Å². The third kappa shape index (κ3) is 3.09. The lowest BCUT2D eigenvalue weighted by molar-refractivity contribution is -0.143. The van der Waals surface area contributed by atoms with Crippen LogP contribution in [0.5, 0.6) is 11.5 Å². The van der Waals surface area contributed by atoms with Crippen molar-refractivity contribution in [2.75, 3.05) is 21.0 Å². The second-order valence-corrected chi connectivity index (χ2v) is 4.03. The largest absolute Gasteiger partial charge is 0.469 e. The summed E-state index contributed by atoms with van der Waals surface area (Å²) in [6, 6.07) is 5.22. The van der Waals surface area contributed by atoms with Crippen molar-refractivity contribution in [3.63, 3.8) is 0 Å². The molecule has 0 radical (unpaired) electrons. The molecule has 0 saturated carbocycles. The third-order valence-corrected chi connectivity index (χ3v) is 2.75. The number of hydrogen-bond acceptors (Lipinski definition) is 6. The van der Waals surface area contributed by atoms with E-state index in [1.807, 2.05) is 0 Å². The molecule has 6 nitrogen and oxygen atoms in total. The Bertz CT molecular complexity index is 561. The van der Waals surface area contributed by atoms with Crippen molar-refractivity contribution < 1.29 is 28.5 Å². The molecule has 0 aliphatic carbocycles. The van der Waals surface area contributed by atoms with Crippen molar-refractivity contribution in [3.8, 4) is 11.5 Å². The Hall–Kier alpha value is -2.50. The summed E-state index contributed by atoms with van der Waals surface area (Å²) in [7, 11) is 2.52. The maximum atomic E-state index is 11.6. The van der Waals surface area contributed by atoms with Gasteiger partial charge in [0.05, 0.1) is 20.6 Å². The van der Waals surface area contributed by atoms with E-state index in [4.69, 9.17) is 9.47 Å². The molecule has 1 aromatic rings. The molecular formula is C14H14O6. The number of fused-ring (bicyclic) bond motifs is 1. The highest BCUT2D eigenvalue weighted by Gasteiger charge is 2.17. The average Bonchev–Trinajstić information content (AvgIpc) is 2.93. The van der Waals surface area contributed by atoms with Crippen LogP contribution in [0.4, 0.5) is 0 Å². The fourth-order valence-corrected chi connectivity index (χ4v) is 1.74. The van der Waals surface area contributed by atoms with Crippen LogP contribution in [0.25, 0.3) is 6.08 Å². The fourth-order valence-electron chi connectivity index (χ4n) is 1.74. The van der Waals surface area contributed by atoms with Crippen LogP contribution in [-0.2, 0) is 19.1 Å². The maximum absolute atomic E-state index is 11.6. The predicted molar refractivity (Wildman–Crippen MR) is 69.2 cm³/mol. The van der Waals surface area contributed by atoms with Gasteiger partial charge in [-0.25, -0.2) is 4.79 Å². The Morgan fingerprint density at radius 3 is 2.65 bits per heavy atom. The van der Waals surface area contributed by atoms with Crippen molar-refractivity contribution in [1.82, 2.24) is 0 Å². The summed E-state index contributed by atoms with van der Waals surface area (Å²) >= 11 is 0. The second-order valence-electron chi connectivity index (χ2n) is 4.03. The molecule has 2 rings (SSSR count). The second kappa shape index (κ2) is 6.10. The SMILES string of the molecule is COC(=O)C/C(=C/c1ccc2c(c1)OCO2)C(=O)OC. The Balaban J connectivity index is 2.27. The first-order chi connectivity index (χ1) is 9.63. The van der Waals surface area contributed by atoms with Crippen LogP contribution < -0.4 is 9.47 Å². The Morgan fingerprint density at radius 1 is 1.20 bits per heavy atom. The molecule has 1 aromatic carbocycles. The minimum absolute atomic E-state index is 0.155. The Morgan fingerprint density at radius 2 is 1.95 bits per heavy atom. The summed E-state index contributed by atoms with van der Waals surface area (Å²) in [5.41, 5.74) is 0.914. The quantitative estimate of drug-likeness (QED) is 0.614. The van der Waals surface area contributed by atoms with E-state index >= 15 is 0 Å². The minimum atomic E-state index is -0.576. The van der Waals surface area contributed by atoms with Crippen LogP contribution in [0.3, 0.4) is 0 Å². The maximum Gasteiger partial charge on any atom is 0.334 e. The van der Waals surface area contributed by atoms with Gasteiger partial charge in [-0.05, 0) is 23.8 Å². The van der Waals surface area contributed by atoms with E-state index in [9.17, 15) is 9.59 Å².